The lowest BCUT2D eigenvalue weighted by Crippen LogP contribution is -2.12. The number of benzene rings is 2. The van der Waals surface area contributed by atoms with E-state index in [1.165, 1.54) is 13.2 Å². The van der Waals surface area contributed by atoms with E-state index in [0.717, 1.165) is 10.0 Å². The minimum absolute atomic E-state index is 0.200. The van der Waals surface area contributed by atoms with Crippen LogP contribution in [-0.4, -0.2) is 7.11 Å². The van der Waals surface area contributed by atoms with Gasteiger partial charge in [-0.15, -0.1) is 0 Å². The zero-order valence-corrected chi connectivity index (χ0v) is 12.5. The summed E-state index contributed by atoms with van der Waals surface area (Å²) in [5.74, 6) is -0.230. The zero-order chi connectivity index (χ0) is 14.0. The Labute approximate surface area is 124 Å². The van der Waals surface area contributed by atoms with Crippen LogP contribution < -0.4 is 10.5 Å². The van der Waals surface area contributed by atoms with E-state index < -0.39 is 11.9 Å². The van der Waals surface area contributed by atoms with Crippen LogP contribution >= 0.6 is 27.5 Å². The summed E-state index contributed by atoms with van der Waals surface area (Å²) in [6, 6.07) is 9.58. The Kier molecular flexibility index (Phi) is 4.45. The van der Waals surface area contributed by atoms with Crippen LogP contribution in [0.25, 0.3) is 0 Å². The first-order valence-corrected chi connectivity index (χ1v) is 6.74. The fraction of sp³-hybridized carbons (Fsp3) is 0.143. The molecule has 0 aliphatic heterocycles. The van der Waals surface area contributed by atoms with Gasteiger partial charge >= 0.3 is 0 Å². The lowest BCUT2D eigenvalue weighted by Gasteiger charge is -2.15. The summed E-state index contributed by atoms with van der Waals surface area (Å²) in [6.45, 7) is 0. The van der Waals surface area contributed by atoms with Crippen LogP contribution in [0.2, 0.25) is 5.02 Å². The Hall–Kier alpha value is -1.10. The molecule has 0 aliphatic carbocycles. The molecule has 0 heterocycles. The van der Waals surface area contributed by atoms with Crippen LogP contribution in [0.15, 0.2) is 40.9 Å². The molecule has 100 valence electrons. The van der Waals surface area contributed by atoms with Crippen LogP contribution in [0.3, 0.4) is 0 Å². The van der Waals surface area contributed by atoms with Crippen molar-refractivity contribution in [2.75, 3.05) is 7.11 Å². The highest BCUT2D eigenvalue weighted by atomic mass is 79.9. The molecule has 2 rings (SSSR count). The van der Waals surface area contributed by atoms with E-state index in [2.05, 4.69) is 15.9 Å². The zero-order valence-electron chi connectivity index (χ0n) is 10.2. The van der Waals surface area contributed by atoms with Gasteiger partial charge in [0.1, 0.15) is 0 Å². The maximum atomic E-state index is 13.7. The van der Waals surface area contributed by atoms with Crippen molar-refractivity contribution in [3.8, 4) is 5.75 Å². The van der Waals surface area contributed by atoms with Gasteiger partial charge in [-0.3, -0.25) is 0 Å². The van der Waals surface area contributed by atoms with Crippen LogP contribution in [0.5, 0.6) is 5.75 Å². The first-order valence-electron chi connectivity index (χ1n) is 5.57. The first-order chi connectivity index (χ1) is 9.02. The van der Waals surface area contributed by atoms with E-state index in [-0.39, 0.29) is 5.75 Å². The molecule has 0 spiro atoms. The second-order valence-corrected chi connectivity index (χ2v) is 5.33. The van der Waals surface area contributed by atoms with Crippen molar-refractivity contribution >= 4 is 27.5 Å². The highest BCUT2D eigenvalue weighted by Crippen LogP contribution is 2.30. The van der Waals surface area contributed by atoms with Crippen molar-refractivity contribution in [3.63, 3.8) is 0 Å². The molecule has 2 aromatic carbocycles. The maximum absolute atomic E-state index is 13.7. The number of hydrogen-bond acceptors (Lipinski definition) is 2. The third-order valence-corrected chi connectivity index (χ3v) is 3.75. The number of rotatable bonds is 3. The first kappa shape index (κ1) is 14.3. The van der Waals surface area contributed by atoms with Crippen LogP contribution in [-0.2, 0) is 0 Å². The molecule has 1 unspecified atom stereocenters. The molecule has 0 saturated carbocycles. The van der Waals surface area contributed by atoms with E-state index in [9.17, 15) is 4.39 Å². The molecule has 0 saturated heterocycles. The summed E-state index contributed by atoms with van der Waals surface area (Å²) in [6.07, 6.45) is 0. The highest BCUT2D eigenvalue weighted by molar-refractivity contribution is 9.10. The number of hydrogen-bond donors (Lipinski definition) is 1. The number of nitrogens with two attached hydrogens (primary N) is 1. The molecule has 2 aromatic rings. The van der Waals surface area contributed by atoms with Crippen LogP contribution in [0.4, 0.5) is 4.39 Å². The van der Waals surface area contributed by atoms with Crippen molar-refractivity contribution in [1.82, 2.24) is 0 Å². The summed E-state index contributed by atoms with van der Waals surface area (Å²) < 4.78 is 19.4. The molecule has 0 bridgehead atoms. The molecule has 2 nitrogen and oxygen atoms in total. The highest BCUT2D eigenvalue weighted by Gasteiger charge is 2.14. The lowest BCUT2D eigenvalue weighted by atomic mass is 9.99. The molecule has 0 amide bonds. The van der Waals surface area contributed by atoms with E-state index in [1.807, 2.05) is 6.07 Å². The Morgan fingerprint density at radius 1 is 1.26 bits per heavy atom. The normalized spacial score (nSPS) is 12.3. The average Bonchev–Trinajstić information content (AvgIpc) is 2.38. The van der Waals surface area contributed by atoms with Gasteiger partial charge in [-0.2, -0.15) is 0 Å². The quantitative estimate of drug-likeness (QED) is 0.901. The maximum Gasteiger partial charge on any atom is 0.165 e. The average molecular weight is 345 g/mol. The van der Waals surface area contributed by atoms with E-state index in [1.54, 1.807) is 24.3 Å². The van der Waals surface area contributed by atoms with E-state index in [4.69, 9.17) is 22.1 Å². The Bertz CT molecular complexity index is 606. The minimum atomic E-state index is -0.438. The molecule has 5 heteroatoms. The monoisotopic (exact) mass is 343 g/mol. The van der Waals surface area contributed by atoms with E-state index in [0.29, 0.717) is 10.6 Å². The van der Waals surface area contributed by atoms with Crippen molar-refractivity contribution < 1.29 is 9.13 Å². The van der Waals surface area contributed by atoms with Crippen LogP contribution in [0, 0.1) is 5.82 Å². The minimum Gasteiger partial charge on any atom is -0.494 e. The molecule has 0 fully saturated rings. The SMILES string of the molecule is COc1ccc(C(N)c2ccc(Cl)cc2Br)cc1F. The summed E-state index contributed by atoms with van der Waals surface area (Å²) in [7, 11) is 1.42. The third kappa shape index (κ3) is 3.08. The third-order valence-electron chi connectivity index (χ3n) is 2.83. The number of halogens is 3. The largest absolute Gasteiger partial charge is 0.494 e. The fourth-order valence-corrected chi connectivity index (χ4v) is 2.74. The van der Waals surface area contributed by atoms with Gasteiger partial charge in [0, 0.05) is 9.50 Å². The molecule has 0 aliphatic rings. The van der Waals surface area contributed by atoms with Crippen LogP contribution in [0.1, 0.15) is 17.2 Å². The van der Waals surface area contributed by atoms with Gasteiger partial charge in [0.15, 0.2) is 11.6 Å². The van der Waals surface area contributed by atoms with Gasteiger partial charge in [0.25, 0.3) is 0 Å². The van der Waals surface area contributed by atoms with Crippen molar-refractivity contribution in [3.05, 3.63) is 62.8 Å². The second kappa shape index (κ2) is 5.90. The molecule has 2 N–H and O–H groups in total. The number of methoxy groups -OCH3 is 1. The standard InChI is InChI=1S/C14H12BrClFNO/c1-19-13-5-2-8(6-12(13)17)14(18)10-4-3-9(16)7-11(10)15/h2-7,14H,18H2,1H3. The van der Waals surface area contributed by atoms with Gasteiger partial charge in [-0.1, -0.05) is 39.7 Å². The van der Waals surface area contributed by atoms with Gasteiger partial charge in [0.2, 0.25) is 0 Å². The predicted octanol–water partition coefficient (Wildman–Crippen LogP) is 4.30. The van der Waals surface area contributed by atoms with Crippen molar-refractivity contribution in [2.45, 2.75) is 6.04 Å². The number of ether oxygens (including phenoxy) is 1. The molecule has 0 radical (unpaired) electrons. The Morgan fingerprint density at radius 2 is 2.00 bits per heavy atom. The Morgan fingerprint density at radius 3 is 2.58 bits per heavy atom. The van der Waals surface area contributed by atoms with Gasteiger partial charge < -0.3 is 10.5 Å². The van der Waals surface area contributed by atoms with Crippen molar-refractivity contribution in [2.24, 2.45) is 5.73 Å². The fourth-order valence-electron chi connectivity index (χ4n) is 1.81. The summed E-state index contributed by atoms with van der Waals surface area (Å²) in [4.78, 5) is 0. The second-order valence-electron chi connectivity index (χ2n) is 4.04. The van der Waals surface area contributed by atoms with Crippen molar-refractivity contribution in [1.29, 1.82) is 0 Å². The topological polar surface area (TPSA) is 35.2 Å². The smallest absolute Gasteiger partial charge is 0.165 e. The molecule has 19 heavy (non-hydrogen) atoms. The van der Waals surface area contributed by atoms with Gasteiger partial charge in [-0.05, 0) is 35.4 Å². The van der Waals surface area contributed by atoms with Gasteiger partial charge in [-0.25, -0.2) is 4.39 Å². The molecular formula is C14H12BrClFNO. The Balaban J connectivity index is 2.38. The summed E-state index contributed by atoms with van der Waals surface area (Å²) >= 11 is 9.29. The van der Waals surface area contributed by atoms with E-state index >= 15 is 0 Å². The summed E-state index contributed by atoms with van der Waals surface area (Å²) in [5, 5.41) is 0.615. The van der Waals surface area contributed by atoms with Gasteiger partial charge in [0.05, 0.1) is 13.2 Å². The molecular weight excluding hydrogens is 333 g/mol. The predicted molar refractivity (Wildman–Crippen MR) is 78.1 cm³/mol. The summed E-state index contributed by atoms with van der Waals surface area (Å²) in [5.41, 5.74) is 7.66. The molecule has 0 aromatic heterocycles. The molecule has 1 atom stereocenters. The lowest BCUT2D eigenvalue weighted by molar-refractivity contribution is 0.386.